The zero-order valence-electron chi connectivity index (χ0n) is 13.7. The number of hydrogen-bond donors (Lipinski definition) is 0. The van der Waals surface area contributed by atoms with Gasteiger partial charge in [0.15, 0.2) is 0 Å². The van der Waals surface area contributed by atoms with Gasteiger partial charge in [-0.15, -0.1) is 0 Å². The number of nitrogens with zero attached hydrogens (tertiary/aromatic N) is 3. The van der Waals surface area contributed by atoms with Crippen molar-refractivity contribution in [3.63, 3.8) is 0 Å². The molecule has 3 heteroatoms. The maximum absolute atomic E-state index is 9.49. The van der Waals surface area contributed by atoms with Gasteiger partial charge in [-0.1, -0.05) is 20.8 Å². The Hall–Kier alpha value is -1.30. The lowest BCUT2D eigenvalue weighted by Gasteiger charge is -2.40. The van der Waals surface area contributed by atoms with E-state index in [1.54, 1.807) is 0 Å². The third-order valence-electron chi connectivity index (χ3n) is 5.21. The molecule has 0 radical (unpaired) electrons. The molecule has 1 heterocycles. The molecule has 3 atom stereocenters. The van der Waals surface area contributed by atoms with Crippen LogP contribution in [0.5, 0.6) is 0 Å². The highest BCUT2D eigenvalue weighted by Crippen LogP contribution is 2.45. The van der Waals surface area contributed by atoms with Crippen LogP contribution in [0.25, 0.3) is 0 Å². The second-order valence-corrected chi connectivity index (χ2v) is 7.42. The van der Waals surface area contributed by atoms with Crippen LogP contribution in [-0.2, 0) is 0 Å². The van der Waals surface area contributed by atoms with E-state index < -0.39 is 0 Å². The number of aryl methyl sites for hydroxylation is 1. The number of aromatic nitrogens is 2. The first-order valence-corrected chi connectivity index (χ1v) is 7.67. The van der Waals surface area contributed by atoms with Crippen LogP contribution in [0, 0.1) is 49.4 Å². The topological polar surface area (TPSA) is 41.6 Å². The predicted molar refractivity (Wildman–Crippen MR) is 81.4 cm³/mol. The SMILES string of the molecule is Cc1nn(C2CC(C(C)(C)C)CCC2C#N)c(C)c1C. The van der Waals surface area contributed by atoms with Crippen LogP contribution < -0.4 is 0 Å². The summed E-state index contributed by atoms with van der Waals surface area (Å²) in [4.78, 5) is 0. The Kier molecular flexibility index (Phi) is 3.95. The molecule has 0 bridgehead atoms. The highest BCUT2D eigenvalue weighted by Gasteiger charge is 2.38. The molecule has 1 saturated carbocycles. The van der Waals surface area contributed by atoms with E-state index in [-0.39, 0.29) is 12.0 Å². The molecule has 1 fully saturated rings. The van der Waals surface area contributed by atoms with E-state index in [2.05, 4.69) is 52.3 Å². The van der Waals surface area contributed by atoms with E-state index in [0.717, 1.165) is 25.0 Å². The highest BCUT2D eigenvalue weighted by molar-refractivity contribution is 5.23. The van der Waals surface area contributed by atoms with E-state index in [9.17, 15) is 5.26 Å². The minimum absolute atomic E-state index is 0.103. The lowest BCUT2D eigenvalue weighted by atomic mass is 9.68. The van der Waals surface area contributed by atoms with Gasteiger partial charge in [0.25, 0.3) is 0 Å². The maximum atomic E-state index is 9.49. The predicted octanol–water partition coefficient (Wildman–Crippen LogP) is 4.34. The molecular weight excluding hydrogens is 246 g/mol. The number of rotatable bonds is 1. The van der Waals surface area contributed by atoms with Crippen molar-refractivity contribution < 1.29 is 0 Å². The molecule has 0 amide bonds. The zero-order valence-corrected chi connectivity index (χ0v) is 13.7. The fourth-order valence-corrected chi connectivity index (χ4v) is 3.42. The van der Waals surface area contributed by atoms with Gasteiger partial charge < -0.3 is 0 Å². The summed E-state index contributed by atoms with van der Waals surface area (Å²) in [6.07, 6.45) is 3.24. The molecule has 0 spiro atoms. The molecular formula is C17H27N3. The van der Waals surface area contributed by atoms with Crippen LogP contribution >= 0.6 is 0 Å². The highest BCUT2D eigenvalue weighted by atomic mass is 15.3. The van der Waals surface area contributed by atoms with Crippen molar-refractivity contribution in [2.75, 3.05) is 0 Å². The monoisotopic (exact) mass is 273 g/mol. The summed E-state index contributed by atoms with van der Waals surface area (Å²) in [5, 5.41) is 14.2. The van der Waals surface area contributed by atoms with Crippen LogP contribution in [0.3, 0.4) is 0 Å². The Labute approximate surface area is 123 Å². The lowest BCUT2D eigenvalue weighted by molar-refractivity contribution is 0.115. The van der Waals surface area contributed by atoms with Crippen LogP contribution in [0.2, 0.25) is 0 Å². The zero-order chi connectivity index (χ0) is 15.1. The summed E-state index contributed by atoms with van der Waals surface area (Å²) in [5.74, 6) is 0.771. The molecule has 3 nitrogen and oxygen atoms in total. The lowest BCUT2D eigenvalue weighted by Crippen LogP contribution is -2.33. The van der Waals surface area contributed by atoms with Gasteiger partial charge in [-0.3, -0.25) is 4.68 Å². The fourth-order valence-electron chi connectivity index (χ4n) is 3.42. The molecule has 0 N–H and O–H groups in total. The number of nitriles is 1. The van der Waals surface area contributed by atoms with Crippen molar-refractivity contribution in [2.24, 2.45) is 17.3 Å². The summed E-state index contributed by atoms with van der Waals surface area (Å²) in [6, 6.07) is 2.76. The van der Waals surface area contributed by atoms with Crippen molar-refractivity contribution in [2.45, 2.75) is 66.8 Å². The maximum Gasteiger partial charge on any atom is 0.0688 e. The first kappa shape index (κ1) is 15.1. The third-order valence-corrected chi connectivity index (χ3v) is 5.21. The first-order chi connectivity index (χ1) is 9.25. The van der Waals surface area contributed by atoms with Gasteiger partial charge in [-0.05, 0) is 56.9 Å². The molecule has 1 aromatic rings. The average Bonchev–Trinajstić information content (AvgIpc) is 2.64. The first-order valence-electron chi connectivity index (χ1n) is 7.67. The largest absolute Gasteiger partial charge is 0.265 e. The summed E-state index contributed by atoms with van der Waals surface area (Å²) < 4.78 is 2.14. The second kappa shape index (κ2) is 5.24. The van der Waals surface area contributed by atoms with Gasteiger partial charge in [-0.25, -0.2) is 0 Å². The standard InChI is InChI=1S/C17H27N3/c1-11-12(2)19-20(13(11)3)16-9-15(17(4,5)6)8-7-14(16)10-18/h14-16H,7-9H2,1-6H3. The van der Waals surface area contributed by atoms with Crippen molar-refractivity contribution in [1.82, 2.24) is 9.78 Å². The number of hydrogen-bond acceptors (Lipinski definition) is 2. The Bertz CT molecular complexity index is 528. The summed E-state index contributed by atoms with van der Waals surface area (Å²) in [7, 11) is 0. The van der Waals surface area contributed by atoms with E-state index in [1.807, 2.05) is 0 Å². The molecule has 1 aliphatic rings. The average molecular weight is 273 g/mol. The van der Waals surface area contributed by atoms with Crippen molar-refractivity contribution >= 4 is 0 Å². The van der Waals surface area contributed by atoms with E-state index in [0.29, 0.717) is 11.3 Å². The Morgan fingerprint density at radius 2 is 1.85 bits per heavy atom. The Balaban J connectivity index is 2.35. The molecule has 0 saturated heterocycles. The van der Waals surface area contributed by atoms with Gasteiger partial charge >= 0.3 is 0 Å². The van der Waals surface area contributed by atoms with Crippen LogP contribution in [0.15, 0.2) is 0 Å². The quantitative estimate of drug-likeness (QED) is 0.764. The fraction of sp³-hybridized carbons (Fsp3) is 0.765. The van der Waals surface area contributed by atoms with Gasteiger partial charge in [0.05, 0.1) is 23.7 Å². The van der Waals surface area contributed by atoms with E-state index in [1.165, 1.54) is 11.3 Å². The minimum atomic E-state index is 0.103. The second-order valence-electron chi connectivity index (χ2n) is 7.42. The molecule has 20 heavy (non-hydrogen) atoms. The van der Waals surface area contributed by atoms with Gasteiger partial charge in [0, 0.05) is 5.69 Å². The summed E-state index contributed by atoms with van der Waals surface area (Å²) in [5.41, 5.74) is 3.89. The molecule has 0 aliphatic heterocycles. The van der Waals surface area contributed by atoms with E-state index >= 15 is 0 Å². The van der Waals surface area contributed by atoms with Crippen LogP contribution in [-0.4, -0.2) is 9.78 Å². The smallest absolute Gasteiger partial charge is 0.0688 e. The van der Waals surface area contributed by atoms with Crippen molar-refractivity contribution in [3.05, 3.63) is 17.0 Å². The molecule has 3 unspecified atom stereocenters. The summed E-state index contributed by atoms with van der Waals surface area (Å²) >= 11 is 0. The van der Waals surface area contributed by atoms with Gasteiger partial charge in [0.1, 0.15) is 0 Å². The van der Waals surface area contributed by atoms with Crippen molar-refractivity contribution in [1.29, 1.82) is 5.26 Å². The Morgan fingerprint density at radius 3 is 2.30 bits per heavy atom. The van der Waals surface area contributed by atoms with Crippen LogP contribution in [0.1, 0.15) is 63.0 Å². The normalized spacial score (nSPS) is 27.4. The minimum Gasteiger partial charge on any atom is -0.265 e. The van der Waals surface area contributed by atoms with Crippen molar-refractivity contribution in [3.8, 4) is 6.07 Å². The molecule has 1 aliphatic carbocycles. The summed E-state index contributed by atoms with van der Waals surface area (Å²) in [6.45, 7) is 13.3. The third kappa shape index (κ3) is 2.61. The molecule has 110 valence electrons. The van der Waals surface area contributed by atoms with Crippen LogP contribution in [0.4, 0.5) is 0 Å². The molecule has 0 aromatic carbocycles. The van der Waals surface area contributed by atoms with E-state index in [4.69, 9.17) is 5.10 Å². The molecule has 1 aromatic heterocycles. The molecule has 2 rings (SSSR count). The Morgan fingerprint density at radius 1 is 1.20 bits per heavy atom. The van der Waals surface area contributed by atoms with Gasteiger partial charge in [-0.2, -0.15) is 10.4 Å². The van der Waals surface area contributed by atoms with Gasteiger partial charge in [0.2, 0.25) is 0 Å².